The summed E-state index contributed by atoms with van der Waals surface area (Å²) in [5.74, 6) is 2.99. The molecule has 1 aromatic carbocycles. The first-order valence-corrected chi connectivity index (χ1v) is 7.69. The van der Waals surface area contributed by atoms with Gasteiger partial charge >= 0.3 is 0 Å². The predicted octanol–water partition coefficient (Wildman–Crippen LogP) is 3.33. The van der Waals surface area contributed by atoms with Gasteiger partial charge < -0.3 is 11.1 Å². The Balaban J connectivity index is 1.54. The van der Waals surface area contributed by atoms with Crippen molar-refractivity contribution in [2.24, 2.45) is 11.3 Å². The van der Waals surface area contributed by atoms with Crippen molar-refractivity contribution in [1.29, 1.82) is 0 Å². The molecule has 2 aliphatic rings. The van der Waals surface area contributed by atoms with Crippen LogP contribution in [-0.4, -0.2) is 16.5 Å². The number of rotatable bonds is 5. The Kier molecular flexibility index (Phi) is 2.84. The van der Waals surface area contributed by atoms with E-state index in [4.69, 9.17) is 5.73 Å². The van der Waals surface area contributed by atoms with E-state index < -0.39 is 0 Å². The summed E-state index contributed by atoms with van der Waals surface area (Å²) < 4.78 is 0. The Labute approximate surface area is 124 Å². The third kappa shape index (κ3) is 2.58. The molecule has 1 aromatic heterocycles. The molecule has 0 unspecified atom stereocenters. The van der Waals surface area contributed by atoms with Crippen LogP contribution in [0, 0.1) is 11.3 Å². The number of hydrogen-bond acceptors (Lipinski definition) is 4. The molecule has 4 nitrogen and oxygen atoms in total. The van der Waals surface area contributed by atoms with E-state index in [1.807, 2.05) is 36.4 Å². The Hall–Kier alpha value is -2.10. The topological polar surface area (TPSA) is 63.8 Å². The maximum atomic E-state index is 5.93. The number of nitrogens with zero attached hydrogens (tertiary/aromatic N) is 2. The summed E-state index contributed by atoms with van der Waals surface area (Å²) in [5, 5.41) is 3.49. The van der Waals surface area contributed by atoms with Gasteiger partial charge in [-0.05, 0) is 37.0 Å². The van der Waals surface area contributed by atoms with E-state index in [9.17, 15) is 0 Å². The van der Waals surface area contributed by atoms with Crippen molar-refractivity contribution < 1.29 is 0 Å². The first-order chi connectivity index (χ1) is 10.3. The van der Waals surface area contributed by atoms with Crippen LogP contribution in [0.1, 0.15) is 25.7 Å². The molecule has 4 heteroatoms. The first kappa shape index (κ1) is 12.6. The van der Waals surface area contributed by atoms with Gasteiger partial charge in [-0.2, -0.15) is 0 Å². The fourth-order valence-electron chi connectivity index (χ4n) is 3.13. The number of hydrogen-bond donors (Lipinski definition) is 2. The van der Waals surface area contributed by atoms with Gasteiger partial charge in [0.1, 0.15) is 11.6 Å². The van der Waals surface area contributed by atoms with Crippen LogP contribution in [0.25, 0.3) is 11.4 Å². The molecule has 2 saturated carbocycles. The van der Waals surface area contributed by atoms with Gasteiger partial charge in [0.05, 0.1) is 0 Å². The smallest absolute Gasteiger partial charge is 0.163 e. The minimum absolute atomic E-state index is 0.516. The number of anilines is 2. The van der Waals surface area contributed by atoms with Gasteiger partial charge in [0.15, 0.2) is 5.82 Å². The van der Waals surface area contributed by atoms with E-state index >= 15 is 0 Å². The van der Waals surface area contributed by atoms with E-state index in [-0.39, 0.29) is 0 Å². The molecule has 0 bridgehead atoms. The van der Waals surface area contributed by atoms with Crippen molar-refractivity contribution in [1.82, 2.24) is 9.97 Å². The monoisotopic (exact) mass is 280 g/mol. The zero-order valence-corrected chi connectivity index (χ0v) is 12.0. The molecule has 108 valence electrons. The average molecular weight is 280 g/mol. The van der Waals surface area contributed by atoms with Crippen LogP contribution >= 0.6 is 0 Å². The summed E-state index contributed by atoms with van der Waals surface area (Å²) in [7, 11) is 0. The van der Waals surface area contributed by atoms with Gasteiger partial charge in [-0.25, -0.2) is 9.97 Å². The largest absolute Gasteiger partial charge is 0.384 e. The number of nitrogens with one attached hydrogen (secondary N) is 1. The van der Waals surface area contributed by atoms with E-state index in [0.717, 1.165) is 23.8 Å². The van der Waals surface area contributed by atoms with Gasteiger partial charge in [-0.1, -0.05) is 30.3 Å². The first-order valence-electron chi connectivity index (χ1n) is 7.69. The Morgan fingerprint density at radius 3 is 2.57 bits per heavy atom. The van der Waals surface area contributed by atoms with Crippen LogP contribution in [0.4, 0.5) is 11.6 Å². The molecule has 3 N–H and O–H groups in total. The highest BCUT2D eigenvalue weighted by Crippen LogP contribution is 2.61. The zero-order valence-electron chi connectivity index (χ0n) is 12.0. The van der Waals surface area contributed by atoms with Crippen molar-refractivity contribution in [3.63, 3.8) is 0 Å². The van der Waals surface area contributed by atoms with Crippen LogP contribution < -0.4 is 11.1 Å². The summed E-state index contributed by atoms with van der Waals surface area (Å²) in [6.07, 6.45) is 5.53. The maximum absolute atomic E-state index is 5.93. The molecule has 0 amide bonds. The number of aromatic nitrogens is 2. The maximum Gasteiger partial charge on any atom is 0.163 e. The summed E-state index contributed by atoms with van der Waals surface area (Å²) in [6.45, 7) is 1.02. The summed E-state index contributed by atoms with van der Waals surface area (Å²) in [5.41, 5.74) is 7.48. The third-order valence-electron chi connectivity index (χ3n) is 4.74. The minimum atomic E-state index is 0.516. The van der Waals surface area contributed by atoms with E-state index in [0.29, 0.717) is 17.1 Å². The number of nitrogens with two attached hydrogens (primary N) is 1. The lowest BCUT2D eigenvalue weighted by Crippen LogP contribution is -2.18. The van der Waals surface area contributed by atoms with Crippen molar-refractivity contribution >= 4 is 11.6 Å². The second-order valence-electron chi connectivity index (χ2n) is 6.36. The second kappa shape index (κ2) is 4.72. The lowest BCUT2D eigenvalue weighted by molar-refractivity contribution is 0.466. The molecule has 2 aliphatic carbocycles. The molecule has 0 saturated heterocycles. The van der Waals surface area contributed by atoms with Crippen LogP contribution in [0.3, 0.4) is 0 Å². The standard InChI is InChI=1S/C17H20N4/c18-14-10-15(19-11-17(8-9-17)13-6-7-13)21-16(20-14)12-4-2-1-3-5-12/h1-5,10,13H,6-9,11H2,(H3,18,19,20,21). The summed E-state index contributed by atoms with van der Waals surface area (Å²) in [6, 6.07) is 11.8. The van der Waals surface area contributed by atoms with Gasteiger partial charge in [-0.15, -0.1) is 0 Å². The second-order valence-corrected chi connectivity index (χ2v) is 6.36. The van der Waals surface area contributed by atoms with Crippen molar-refractivity contribution in [2.75, 3.05) is 17.6 Å². The normalized spacial score (nSPS) is 19.2. The van der Waals surface area contributed by atoms with Crippen molar-refractivity contribution in [2.45, 2.75) is 25.7 Å². The SMILES string of the molecule is Nc1cc(NCC2(C3CC3)CC2)nc(-c2ccccc2)n1. The molecule has 4 rings (SSSR count). The van der Waals surface area contributed by atoms with Gasteiger partial charge in [0.25, 0.3) is 0 Å². The predicted molar refractivity (Wildman–Crippen MR) is 84.8 cm³/mol. The Bertz CT molecular complexity index is 645. The molecule has 2 fully saturated rings. The molecule has 0 atom stereocenters. The highest BCUT2D eigenvalue weighted by Gasteiger charge is 2.53. The minimum Gasteiger partial charge on any atom is -0.384 e. The molecule has 0 aliphatic heterocycles. The lowest BCUT2D eigenvalue weighted by Gasteiger charge is -2.16. The highest BCUT2D eigenvalue weighted by molar-refractivity contribution is 5.60. The molecule has 1 heterocycles. The van der Waals surface area contributed by atoms with Crippen LogP contribution in [0.5, 0.6) is 0 Å². The van der Waals surface area contributed by atoms with Gasteiger partial charge in [0, 0.05) is 18.2 Å². The van der Waals surface area contributed by atoms with E-state index in [1.165, 1.54) is 25.7 Å². The number of benzene rings is 1. The van der Waals surface area contributed by atoms with Gasteiger partial charge in [0.2, 0.25) is 0 Å². The van der Waals surface area contributed by atoms with E-state index in [2.05, 4.69) is 15.3 Å². The zero-order chi connectivity index (χ0) is 14.3. The van der Waals surface area contributed by atoms with Crippen LogP contribution in [-0.2, 0) is 0 Å². The molecular formula is C17H20N4. The van der Waals surface area contributed by atoms with Crippen molar-refractivity contribution in [3.05, 3.63) is 36.4 Å². The van der Waals surface area contributed by atoms with Crippen LogP contribution in [0.15, 0.2) is 36.4 Å². The lowest BCUT2D eigenvalue weighted by atomic mass is 10.0. The fourth-order valence-corrected chi connectivity index (χ4v) is 3.13. The molecule has 21 heavy (non-hydrogen) atoms. The Morgan fingerprint density at radius 1 is 1.14 bits per heavy atom. The summed E-state index contributed by atoms with van der Waals surface area (Å²) >= 11 is 0. The molecule has 0 spiro atoms. The molecule has 0 radical (unpaired) electrons. The summed E-state index contributed by atoms with van der Waals surface area (Å²) in [4.78, 5) is 8.95. The van der Waals surface area contributed by atoms with E-state index in [1.54, 1.807) is 0 Å². The van der Waals surface area contributed by atoms with Gasteiger partial charge in [-0.3, -0.25) is 0 Å². The molecule has 2 aromatic rings. The molecular weight excluding hydrogens is 260 g/mol. The highest BCUT2D eigenvalue weighted by atomic mass is 15.1. The fraction of sp³-hybridized carbons (Fsp3) is 0.412. The van der Waals surface area contributed by atoms with Crippen molar-refractivity contribution in [3.8, 4) is 11.4 Å². The quantitative estimate of drug-likeness (QED) is 0.881. The Morgan fingerprint density at radius 2 is 1.90 bits per heavy atom. The average Bonchev–Trinajstić information content (AvgIpc) is 3.38. The number of nitrogen functional groups attached to an aromatic ring is 1. The van der Waals surface area contributed by atoms with Crippen LogP contribution in [0.2, 0.25) is 0 Å². The third-order valence-corrected chi connectivity index (χ3v) is 4.74.